The number of amides is 1. The molecule has 0 radical (unpaired) electrons. The van der Waals surface area contributed by atoms with Crippen LogP contribution in [0.1, 0.15) is 32.3 Å². The van der Waals surface area contributed by atoms with Crippen molar-refractivity contribution in [1.82, 2.24) is 5.32 Å². The zero-order valence-corrected chi connectivity index (χ0v) is 12.3. The number of halogens is 3. The molecule has 0 aliphatic carbocycles. The van der Waals surface area contributed by atoms with Gasteiger partial charge in [0.25, 0.3) is 0 Å². The van der Waals surface area contributed by atoms with Gasteiger partial charge < -0.3 is 10.6 Å². The molecule has 0 aliphatic heterocycles. The molecular formula is C15H21F3N2O. The Labute approximate surface area is 122 Å². The first-order valence-corrected chi connectivity index (χ1v) is 7.04. The summed E-state index contributed by atoms with van der Waals surface area (Å²) in [5, 5.41) is 5.13. The summed E-state index contributed by atoms with van der Waals surface area (Å²) in [5.74, 6) is -1.36. The van der Waals surface area contributed by atoms with E-state index in [0.717, 1.165) is 24.9 Å². The van der Waals surface area contributed by atoms with E-state index < -0.39 is 12.1 Å². The highest BCUT2D eigenvalue weighted by Crippen LogP contribution is 2.19. The van der Waals surface area contributed by atoms with Gasteiger partial charge in [0.2, 0.25) is 0 Å². The third-order valence-corrected chi connectivity index (χ3v) is 3.36. The van der Waals surface area contributed by atoms with Crippen molar-refractivity contribution in [3.8, 4) is 0 Å². The van der Waals surface area contributed by atoms with Crippen LogP contribution in [0.25, 0.3) is 0 Å². The fourth-order valence-electron chi connectivity index (χ4n) is 1.96. The topological polar surface area (TPSA) is 41.1 Å². The molecule has 3 nitrogen and oxygen atoms in total. The standard InChI is InChI=1S/C15H21F3N2O/c1-3-11(4-2)9-19-10-12-6-5-7-13(8-12)20-14(21)15(16,17)18/h5-8,11,19H,3-4,9-10H2,1-2H3,(H,20,21). The molecule has 0 saturated carbocycles. The number of hydrogen-bond donors (Lipinski definition) is 2. The van der Waals surface area contributed by atoms with Gasteiger partial charge in [0, 0.05) is 12.2 Å². The van der Waals surface area contributed by atoms with Crippen LogP contribution < -0.4 is 10.6 Å². The number of anilines is 1. The van der Waals surface area contributed by atoms with E-state index in [1.54, 1.807) is 12.1 Å². The predicted molar refractivity (Wildman–Crippen MR) is 76.9 cm³/mol. The van der Waals surface area contributed by atoms with E-state index in [2.05, 4.69) is 19.2 Å². The maximum atomic E-state index is 12.2. The third kappa shape index (κ3) is 6.16. The quantitative estimate of drug-likeness (QED) is 0.806. The van der Waals surface area contributed by atoms with E-state index >= 15 is 0 Å². The Morgan fingerprint density at radius 1 is 1.24 bits per heavy atom. The molecule has 118 valence electrons. The lowest BCUT2D eigenvalue weighted by atomic mass is 10.0. The SMILES string of the molecule is CCC(CC)CNCc1cccc(NC(=O)C(F)(F)F)c1. The van der Waals surface area contributed by atoms with E-state index in [-0.39, 0.29) is 5.69 Å². The molecule has 0 atom stereocenters. The Bertz CT molecular complexity index is 456. The molecule has 0 unspecified atom stereocenters. The second kappa shape index (κ2) is 8.02. The van der Waals surface area contributed by atoms with Crippen molar-refractivity contribution >= 4 is 11.6 Å². The summed E-state index contributed by atoms with van der Waals surface area (Å²) in [6, 6.07) is 6.42. The van der Waals surface area contributed by atoms with Gasteiger partial charge in [0.05, 0.1) is 0 Å². The van der Waals surface area contributed by atoms with Crippen molar-refractivity contribution in [2.24, 2.45) is 5.92 Å². The van der Waals surface area contributed by atoms with Crippen LogP contribution in [0.5, 0.6) is 0 Å². The molecule has 1 rings (SSSR count). The monoisotopic (exact) mass is 302 g/mol. The van der Waals surface area contributed by atoms with E-state index in [4.69, 9.17) is 0 Å². The lowest BCUT2D eigenvalue weighted by molar-refractivity contribution is -0.167. The highest BCUT2D eigenvalue weighted by atomic mass is 19.4. The molecule has 0 spiro atoms. The number of rotatable bonds is 7. The highest BCUT2D eigenvalue weighted by molar-refractivity contribution is 5.94. The highest BCUT2D eigenvalue weighted by Gasteiger charge is 2.38. The summed E-state index contributed by atoms with van der Waals surface area (Å²) >= 11 is 0. The van der Waals surface area contributed by atoms with Crippen molar-refractivity contribution < 1.29 is 18.0 Å². The van der Waals surface area contributed by atoms with Crippen LogP contribution in [-0.2, 0) is 11.3 Å². The van der Waals surface area contributed by atoms with Crippen LogP contribution in [0.15, 0.2) is 24.3 Å². The summed E-state index contributed by atoms with van der Waals surface area (Å²) < 4.78 is 36.5. The Hall–Kier alpha value is -1.56. The van der Waals surface area contributed by atoms with Crippen LogP contribution in [0.4, 0.5) is 18.9 Å². The maximum absolute atomic E-state index is 12.2. The molecule has 0 aliphatic rings. The fourth-order valence-corrected chi connectivity index (χ4v) is 1.96. The molecule has 1 aromatic rings. The van der Waals surface area contributed by atoms with Gasteiger partial charge in [0.15, 0.2) is 0 Å². The van der Waals surface area contributed by atoms with Crippen molar-refractivity contribution in [2.75, 3.05) is 11.9 Å². The zero-order chi connectivity index (χ0) is 15.9. The number of carbonyl (C=O) groups is 1. The molecule has 2 N–H and O–H groups in total. The van der Waals surface area contributed by atoms with E-state index in [1.807, 2.05) is 11.4 Å². The normalized spacial score (nSPS) is 11.7. The number of alkyl halides is 3. The summed E-state index contributed by atoms with van der Waals surface area (Å²) in [6.45, 7) is 5.69. The smallest absolute Gasteiger partial charge is 0.318 e. The van der Waals surface area contributed by atoms with Crippen molar-refractivity contribution in [2.45, 2.75) is 39.4 Å². The van der Waals surface area contributed by atoms with Gasteiger partial charge in [-0.05, 0) is 30.2 Å². The first-order valence-electron chi connectivity index (χ1n) is 7.04. The van der Waals surface area contributed by atoms with E-state index in [1.165, 1.54) is 6.07 Å². The minimum absolute atomic E-state index is 0.152. The van der Waals surface area contributed by atoms with Gasteiger partial charge in [-0.3, -0.25) is 4.79 Å². The van der Waals surface area contributed by atoms with Gasteiger partial charge in [-0.1, -0.05) is 38.8 Å². The summed E-state index contributed by atoms with van der Waals surface area (Å²) in [4.78, 5) is 10.9. The predicted octanol–water partition coefficient (Wildman–Crippen LogP) is 3.71. The number of hydrogen-bond acceptors (Lipinski definition) is 2. The van der Waals surface area contributed by atoms with Gasteiger partial charge in [0.1, 0.15) is 0 Å². The average molecular weight is 302 g/mol. The second-order valence-corrected chi connectivity index (χ2v) is 4.97. The van der Waals surface area contributed by atoms with Crippen molar-refractivity contribution in [3.63, 3.8) is 0 Å². The summed E-state index contributed by atoms with van der Waals surface area (Å²) in [6.07, 6.45) is -2.69. The largest absolute Gasteiger partial charge is 0.471 e. The van der Waals surface area contributed by atoms with Crippen molar-refractivity contribution in [3.05, 3.63) is 29.8 Å². The first-order chi connectivity index (χ1) is 9.86. The van der Waals surface area contributed by atoms with Crippen LogP contribution in [0.3, 0.4) is 0 Å². The number of nitrogens with one attached hydrogen (secondary N) is 2. The van der Waals surface area contributed by atoms with Crippen LogP contribution >= 0.6 is 0 Å². The van der Waals surface area contributed by atoms with E-state index in [0.29, 0.717) is 12.5 Å². The van der Waals surface area contributed by atoms with Gasteiger partial charge in [-0.2, -0.15) is 13.2 Å². The second-order valence-electron chi connectivity index (χ2n) is 4.97. The van der Waals surface area contributed by atoms with Crippen LogP contribution in [-0.4, -0.2) is 18.6 Å². The molecule has 0 aromatic heterocycles. The Morgan fingerprint density at radius 2 is 1.90 bits per heavy atom. The summed E-state index contributed by atoms with van der Waals surface area (Å²) in [7, 11) is 0. The third-order valence-electron chi connectivity index (χ3n) is 3.36. The van der Waals surface area contributed by atoms with Crippen LogP contribution in [0.2, 0.25) is 0 Å². The number of benzene rings is 1. The Balaban J connectivity index is 2.55. The molecule has 1 amide bonds. The lowest BCUT2D eigenvalue weighted by Crippen LogP contribution is -2.30. The molecule has 0 heterocycles. The van der Waals surface area contributed by atoms with E-state index in [9.17, 15) is 18.0 Å². The lowest BCUT2D eigenvalue weighted by Gasteiger charge is -2.14. The molecule has 0 saturated heterocycles. The number of carbonyl (C=O) groups excluding carboxylic acids is 1. The first kappa shape index (κ1) is 17.5. The van der Waals surface area contributed by atoms with Gasteiger partial charge in [-0.15, -0.1) is 0 Å². The fraction of sp³-hybridized carbons (Fsp3) is 0.533. The zero-order valence-electron chi connectivity index (χ0n) is 12.3. The Kier molecular flexibility index (Phi) is 6.68. The molecule has 6 heteroatoms. The molecule has 21 heavy (non-hydrogen) atoms. The average Bonchev–Trinajstić information content (AvgIpc) is 2.43. The van der Waals surface area contributed by atoms with Crippen LogP contribution in [0, 0.1) is 5.92 Å². The molecule has 0 bridgehead atoms. The van der Waals surface area contributed by atoms with Crippen molar-refractivity contribution in [1.29, 1.82) is 0 Å². The molecule has 0 fully saturated rings. The maximum Gasteiger partial charge on any atom is 0.471 e. The minimum atomic E-state index is -4.87. The molecule has 1 aromatic carbocycles. The summed E-state index contributed by atoms with van der Waals surface area (Å²) in [5.41, 5.74) is 0.986. The molecular weight excluding hydrogens is 281 g/mol. The van der Waals surface area contributed by atoms with Gasteiger partial charge >= 0.3 is 12.1 Å². The minimum Gasteiger partial charge on any atom is -0.318 e. The van der Waals surface area contributed by atoms with Gasteiger partial charge in [-0.25, -0.2) is 0 Å². The Morgan fingerprint density at radius 3 is 2.48 bits per heavy atom.